The first-order valence-electron chi connectivity index (χ1n) is 10.1. The number of rotatable bonds is 6. The fourth-order valence-electron chi connectivity index (χ4n) is 3.60. The van der Waals surface area contributed by atoms with Crippen molar-refractivity contribution in [2.45, 2.75) is 23.9 Å². The standard InChI is InChI=1S/C24H23F3N2OS/c25-24(26,27)22-13-20(19-9-5-2-6-10-19)14-28-23(22)31-17-21-16-29(11-12-30-21)15-18-7-3-1-4-8-18/h1-10,13-14,21H,11-12,15-17H2/t21-/m0/s1. The highest BCUT2D eigenvalue weighted by atomic mass is 32.2. The Labute approximate surface area is 184 Å². The van der Waals surface area contributed by atoms with Crippen LogP contribution in [-0.4, -0.2) is 41.4 Å². The molecule has 1 aliphatic heterocycles. The molecular weight excluding hydrogens is 421 g/mol. The molecule has 2 aromatic carbocycles. The summed E-state index contributed by atoms with van der Waals surface area (Å²) in [7, 11) is 0. The number of thioether (sulfide) groups is 1. The van der Waals surface area contributed by atoms with Crippen molar-refractivity contribution in [3.8, 4) is 11.1 Å². The van der Waals surface area contributed by atoms with Crippen LogP contribution in [0.3, 0.4) is 0 Å². The summed E-state index contributed by atoms with van der Waals surface area (Å²) in [4.78, 5) is 6.44. The molecule has 1 aromatic heterocycles. The molecule has 1 aliphatic rings. The minimum atomic E-state index is -4.47. The summed E-state index contributed by atoms with van der Waals surface area (Å²) in [6, 6.07) is 20.3. The van der Waals surface area contributed by atoms with E-state index in [1.807, 2.05) is 24.3 Å². The molecule has 2 heterocycles. The van der Waals surface area contributed by atoms with Gasteiger partial charge in [0.05, 0.1) is 18.3 Å². The summed E-state index contributed by atoms with van der Waals surface area (Å²) >= 11 is 1.11. The van der Waals surface area contributed by atoms with Gasteiger partial charge in [0, 0.05) is 37.1 Å². The van der Waals surface area contributed by atoms with Gasteiger partial charge in [0.2, 0.25) is 0 Å². The third-order valence-corrected chi connectivity index (χ3v) is 6.28. The van der Waals surface area contributed by atoms with Gasteiger partial charge in [0.1, 0.15) is 5.03 Å². The highest BCUT2D eigenvalue weighted by molar-refractivity contribution is 7.99. The van der Waals surface area contributed by atoms with Crippen LogP contribution >= 0.6 is 11.8 Å². The number of benzene rings is 2. The number of alkyl halides is 3. The molecule has 0 unspecified atom stereocenters. The van der Waals surface area contributed by atoms with E-state index in [0.29, 0.717) is 30.0 Å². The van der Waals surface area contributed by atoms with Crippen LogP contribution in [0.1, 0.15) is 11.1 Å². The molecule has 3 nitrogen and oxygen atoms in total. The topological polar surface area (TPSA) is 25.4 Å². The second kappa shape index (κ2) is 9.85. The molecule has 0 N–H and O–H groups in total. The molecule has 1 fully saturated rings. The number of pyridine rings is 1. The lowest BCUT2D eigenvalue weighted by Crippen LogP contribution is -2.43. The number of nitrogens with zero attached hydrogens (tertiary/aromatic N) is 2. The van der Waals surface area contributed by atoms with Crippen molar-refractivity contribution in [1.82, 2.24) is 9.88 Å². The van der Waals surface area contributed by atoms with Crippen molar-refractivity contribution in [3.63, 3.8) is 0 Å². The van der Waals surface area contributed by atoms with Crippen molar-refractivity contribution >= 4 is 11.8 Å². The minimum Gasteiger partial charge on any atom is -0.375 e. The van der Waals surface area contributed by atoms with Gasteiger partial charge >= 0.3 is 6.18 Å². The minimum absolute atomic E-state index is 0.00374. The molecular formula is C24H23F3N2OS. The first-order chi connectivity index (χ1) is 15.0. The molecule has 7 heteroatoms. The highest BCUT2D eigenvalue weighted by Gasteiger charge is 2.35. The molecule has 31 heavy (non-hydrogen) atoms. The van der Waals surface area contributed by atoms with Crippen molar-refractivity contribution < 1.29 is 17.9 Å². The molecule has 1 saturated heterocycles. The number of hydrogen-bond acceptors (Lipinski definition) is 4. The molecule has 0 saturated carbocycles. The lowest BCUT2D eigenvalue weighted by molar-refractivity contribution is -0.140. The zero-order valence-electron chi connectivity index (χ0n) is 16.9. The van der Waals surface area contributed by atoms with Gasteiger partial charge in [-0.05, 0) is 17.2 Å². The molecule has 0 bridgehead atoms. The van der Waals surface area contributed by atoms with Gasteiger partial charge in [-0.1, -0.05) is 60.7 Å². The van der Waals surface area contributed by atoms with Crippen LogP contribution in [0.5, 0.6) is 0 Å². The number of aromatic nitrogens is 1. The summed E-state index contributed by atoms with van der Waals surface area (Å²) in [5.41, 5.74) is 1.69. The molecule has 0 amide bonds. The summed E-state index contributed by atoms with van der Waals surface area (Å²) in [6.07, 6.45) is -3.09. The number of morpholine rings is 1. The van der Waals surface area contributed by atoms with Crippen LogP contribution in [0.15, 0.2) is 78.0 Å². The van der Waals surface area contributed by atoms with E-state index in [1.165, 1.54) is 17.8 Å². The predicted molar refractivity (Wildman–Crippen MR) is 117 cm³/mol. The zero-order valence-corrected chi connectivity index (χ0v) is 17.7. The molecule has 0 aliphatic carbocycles. The molecule has 1 atom stereocenters. The van der Waals surface area contributed by atoms with Crippen LogP contribution in [0.25, 0.3) is 11.1 Å². The number of halogens is 3. The maximum atomic E-state index is 13.7. The van der Waals surface area contributed by atoms with E-state index in [-0.39, 0.29) is 11.1 Å². The van der Waals surface area contributed by atoms with Gasteiger partial charge in [-0.25, -0.2) is 4.98 Å². The number of ether oxygens (including phenoxy) is 1. The van der Waals surface area contributed by atoms with E-state index in [2.05, 4.69) is 22.0 Å². The van der Waals surface area contributed by atoms with Crippen molar-refractivity contribution in [2.75, 3.05) is 25.4 Å². The van der Waals surface area contributed by atoms with Gasteiger partial charge < -0.3 is 4.74 Å². The second-order valence-electron chi connectivity index (χ2n) is 7.47. The highest BCUT2D eigenvalue weighted by Crippen LogP contribution is 2.38. The molecule has 162 valence electrons. The normalized spacial score (nSPS) is 17.6. The average molecular weight is 445 g/mol. The quantitative estimate of drug-likeness (QED) is 0.452. The summed E-state index contributed by atoms with van der Waals surface area (Å²) in [6.45, 7) is 2.88. The Morgan fingerprint density at radius 2 is 1.71 bits per heavy atom. The Bertz CT molecular complexity index is 983. The lowest BCUT2D eigenvalue weighted by atomic mass is 10.1. The van der Waals surface area contributed by atoms with E-state index in [9.17, 15) is 13.2 Å². The summed E-state index contributed by atoms with van der Waals surface area (Å²) in [5, 5.41) is -0.00374. The second-order valence-corrected chi connectivity index (χ2v) is 8.47. The maximum Gasteiger partial charge on any atom is 0.419 e. The van der Waals surface area contributed by atoms with Crippen molar-refractivity contribution in [2.24, 2.45) is 0 Å². The molecule has 0 radical (unpaired) electrons. The Hall–Kier alpha value is -2.35. The van der Waals surface area contributed by atoms with E-state index >= 15 is 0 Å². The third-order valence-electron chi connectivity index (χ3n) is 5.14. The largest absolute Gasteiger partial charge is 0.419 e. The monoisotopic (exact) mass is 444 g/mol. The lowest BCUT2D eigenvalue weighted by Gasteiger charge is -2.32. The van der Waals surface area contributed by atoms with Crippen LogP contribution < -0.4 is 0 Å². The Balaban J connectivity index is 1.44. The van der Waals surface area contributed by atoms with E-state index < -0.39 is 11.7 Å². The Morgan fingerprint density at radius 1 is 1.00 bits per heavy atom. The van der Waals surface area contributed by atoms with Gasteiger partial charge in [-0.3, -0.25) is 4.90 Å². The van der Waals surface area contributed by atoms with Crippen LogP contribution in [0.2, 0.25) is 0 Å². The molecule has 4 rings (SSSR count). The van der Waals surface area contributed by atoms with Crippen molar-refractivity contribution in [3.05, 3.63) is 84.1 Å². The number of hydrogen-bond donors (Lipinski definition) is 0. The fourth-order valence-corrected chi connectivity index (χ4v) is 4.60. The van der Waals surface area contributed by atoms with Gasteiger partial charge in [0.25, 0.3) is 0 Å². The first kappa shape index (κ1) is 21.9. The zero-order chi connectivity index (χ0) is 21.7. The van der Waals surface area contributed by atoms with Crippen LogP contribution in [0.4, 0.5) is 13.2 Å². The predicted octanol–water partition coefficient (Wildman–Crippen LogP) is 5.76. The van der Waals surface area contributed by atoms with Gasteiger partial charge in [-0.2, -0.15) is 13.2 Å². The third kappa shape index (κ3) is 5.87. The van der Waals surface area contributed by atoms with E-state index in [0.717, 1.165) is 24.9 Å². The Morgan fingerprint density at radius 3 is 2.42 bits per heavy atom. The Kier molecular flexibility index (Phi) is 6.95. The maximum absolute atomic E-state index is 13.7. The average Bonchev–Trinajstić information content (AvgIpc) is 2.78. The SMILES string of the molecule is FC(F)(F)c1cc(-c2ccccc2)cnc1SC[C@@H]1CN(Cc2ccccc2)CCO1. The van der Waals surface area contributed by atoms with Crippen LogP contribution in [0, 0.1) is 0 Å². The summed E-state index contributed by atoms with van der Waals surface area (Å²) < 4.78 is 47.0. The molecule has 0 spiro atoms. The fraction of sp³-hybridized carbons (Fsp3) is 0.292. The van der Waals surface area contributed by atoms with Gasteiger partial charge in [0.15, 0.2) is 0 Å². The van der Waals surface area contributed by atoms with E-state index in [1.54, 1.807) is 24.3 Å². The smallest absolute Gasteiger partial charge is 0.375 e. The molecule has 3 aromatic rings. The summed E-state index contributed by atoms with van der Waals surface area (Å²) in [5.74, 6) is 0.423. The first-order valence-corrected chi connectivity index (χ1v) is 11.1. The van der Waals surface area contributed by atoms with E-state index in [4.69, 9.17) is 4.74 Å². The van der Waals surface area contributed by atoms with Crippen molar-refractivity contribution in [1.29, 1.82) is 0 Å². The van der Waals surface area contributed by atoms with Crippen LogP contribution in [-0.2, 0) is 17.5 Å². The van der Waals surface area contributed by atoms with Gasteiger partial charge in [-0.15, -0.1) is 11.8 Å².